The lowest BCUT2D eigenvalue weighted by Gasteiger charge is -2.41. The zero-order valence-electron chi connectivity index (χ0n) is 20.8. The fraction of sp³-hybridized carbons (Fsp3) is 0.600. The second-order valence-electron chi connectivity index (χ2n) is 4.22. The lowest BCUT2D eigenvalue weighted by molar-refractivity contribution is -0.0619. The van der Waals surface area contributed by atoms with Gasteiger partial charge in [-0.1, -0.05) is 25.0 Å². The lowest BCUT2D eigenvalue weighted by Crippen LogP contribution is -2.43. The summed E-state index contributed by atoms with van der Waals surface area (Å²) in [6.45, 7) is -10.5. The third kappa shape index (κ3) is 2.68. The van der Waals surface area contributed by atoms with Crippen LogP contribution in [0.3, 0.4) is 0 Å². The molecule has 0 heterocycles. The number of aliphatic hydroxyl groups is 1. The van der Waals surface area contributed by atoms with E-state index in [2.05, 4.69) is 0 Å². The normalized spacial score (nSPS) is 46.7. The van der Waals surface area contributed by atoms with Crippen LogP contribution in [0.1, 0.15) is 46.3 Å². The predicted octanol–water partition coefficient (Wildman–Crippen LogP) is 2.33. The van der Waals surface area contributed by atoms with Gasteiger partial charge in [-0.25, -0.2) is 0 Å². The summed E-state index contributed by atoms with van der Waals surface area (Å²) in [5.41, 5.74) is -3.31. The highest BCUT2D eigenvalue weighted by Crippen LogP contribution is 2.42. The van der Waals surface area contributed by atoms with Gasteiger partial charge in [0.2, 0.25) is 0 Å². The minimum absolute atomic E-state index is 0.0903. The number of phenols is 1. The Morgan fingerprint density at radius 1 is 1.61 bits per heavy atom. The molecule has 0 bridgehead atoms. The molecule has 1 aromatic carbocycles. The first kappa shape index (κ1) is 5.14. The van der Waals surface area contributed by atoms with Gasteiger partial charge in [0.15, 0.2) is 0 Å². The summed E-state index contributed by atoms with van der Waals surface area (Å²) in [6, 6.07) is 4.62. The van der Waals surface area contributed by atoms with Crippen LogP contribution in [-0.2, 0) is 5.60 Å². The number of rotatable bonds is 3. The van der Waals surface area contributed by atoms with Gasteiger partial charge in [-0.15, -0.1) is 0 Å². The largest absolute Gasteiger partial charge is 0.508 e. The zero-order chi connectivity index (χ0) is 22.7. The number of benzene rings is 1. The highest BCUT2D eigenvalue weighted by Gasteiger charge is 2.40. The van der Waals surface area contributed by atoms with E-state index in [9.17, 15) is 10.2 Å². The predicted molar refractivity (Wildman–Crippen MR) is 72.5 cm³/mol. The van der Waals surface area contributed by atoms with Gasteiger partial charge in [0.05, 0.1) is 5.60 Å². The molecule has 2 rings (SSSR count). The van der Waals surface area contributed by atoms with Crippen LogP contribution < -0.4 is 0 Å². The van der Waals surface area contributed by atoms with Gasteiger partial charge >= 0.3 is 0 Å². The molecule has 100 valence electrons. The summed E-state index contributed by atoms with van der Waals surface area (Å²) >= 11 is 0. The van der Waals surface area contributed by atoms with E-state index in [4.69, 9.17) is 15.1 Å². The van der Waals surface area contributed by atoms with Crippen molar-refractivity contribution in [1.82, 2.24) is 4.90 Å². The average Bonchev–Trinajstić information content (AvgIpc) is 2.48. The molecule has 1 saturated carbocycles. The average molecular weight is 260 g/mol. The first-order chi connectivity index (χ1) is 12.8. The molecule has 0 saturated heterocycles. The van der Waals surface area contributed by atoms with Crippen molar-refractivity contribution in [2.45, 2.75) is 31.2 Å². The van der Waals surface area contributed by atoms with Gasteiger partial charge in [0.1, 0.15) is 5.75 Å². The molecule has 0 spiro atoms. The molecular weight excluding hydrogens is 226 g/mol. The Labute approximate surface area is 125 Å². The van der Waals surface area contributed by atoms with Crippen molar-refractivity contribution in [2.24, 2.45) is 5.89 Å². The number of hydrogen-bond donors (Lipinski definition) is 2. The minimum atomic E-state index is -3.52. The van der Waals surface area contributed by atoms with Gasteiger partial charge in [-0.3, -0.25) is 0 Å². The Balaban J connectivity index is 2.84. The quantitative estimate of drug-likeness (QED) is 0.876. The summed E-state index contributed by atoms with van der Waals surface area (Å²) in [7, 11) is 0. The standard InChI is InChI=1S/C15H23NO2/c1-16(2)11-13-6-3-4-9-15(13,18)12-7-5-8-14(17)10-12/h5,7-8,10,13,17-18H,3-4,6,9,11H2,1-2H3/t13-,15+/m0/s1/i1D3,2D3,9D2,11D2,13D. The van der Waals surface area contributed by atoms with Crippen LogP contribution in [0.15, 0.2) is 24.3 Å². The van der Waals surface area contributed by atoms with Crippen molar-refractivity contribution in [3.63, 3.8) is 0 Å². The van der Waals surface area contributed by atoms with Gasteiger partial charge in [-0.05, 0) is 44.4 Å². The van der Waals surface area contributed by atoms with E-state index in [-0.39, 0.29) is 24.2 Å². The maximum absolute atomic E-state index is 11.5. The zero-order valence-corrected chi connectivity index (χ0v) is 9.77. The van der Waals surface area contributed by atoms with E-state index in [1.165, 1.54) is 18.2 Å². The fourth-order valence-corrected chi connectivity index (χ4v) is 2.10. The summed E-state index contributed by atoms with van der Waals surface area (Å²) in [4.78, 5) is -0.435. The second-order valence-corrected chi connectivity index (χ2v) is 4.22. The third-order valence-corrected chi connectivity index (χ3v) is 2.93. The van der Waals surface area contributed by atoms with Crippen LogP contribution in [0.2, 0.25) is 0 Å². The summed E-state index contributed by atoms with van der Waals surface area (Å²) in [5, 5.41) is 21.3. The Kier molecular flexibility index (Phi) is 1.51. The fourth-order valence-electron chi connectivity index (χ4n) is 2.10. The molecular formula is C15H23NO2. The number of phenolic OH excluding ortho intramolecular Hbond substituents is 1. The molecule has 3 heteroatoms. The summed E-state index contributed by atoms with van der Waals surface area (Å²) in [5.74, 6) is -3.33. The number of nitrogens with zero attached hydrogens (tertiary/aromatic N) is 1. The second kappa shape index (κ2) is 5.29. The van der Waals surface area contributed by atoms with E-state index < -0.39 is 49.6 Å². The van der Waals surface area contributed by atoms with Crippen molar-refractivity contribution in [3.05, 3.63) is 29.8 Å². The van der Waals surface area contributed by atoms with Crippen molar-refractivity contribution >= 4 is 0 Å². The SMILES string of the molecule is [2H]C([2H])([2H])N(C([2H])([2H])[2H])C([2H])([2H])[C@]1([2H])CCCC([2H])([2H])[C@@]1(O)c1cccc(O)c1. The highest BCUT2D eigenvalue weighted by atomic mass is 16.3. The van der Waals surface area contributed by atoms with Crippen LogP contribution in [0, 0.1) is 5.89 Å². The molecule has 18 heavy (non-hydrogen) atoms. The topological polar surface area (TPSA) is 43.7 Å². The molecule has 0 aromatic heterocycles. The molecule has 1 aliphatic rings. The Bertz CT molecular complexity index is 749. The van der Waals surface area contributed by atoms with Gasteiger partial charge in [-0.2, -0.15) is 0 Å². The van der Waals surface area contributed by atoms with Crippen LogP contribution >= 0.6 is 0 Å². The molecule has 1 fully saturated rings. The number of hydrogen-bond acceptors (Lipinski definition) is 3. The van der Waals surface area contributed by atoms with Crippen molar-refractivity contribution in [2.75, 3.05) is 20.4 Å². The molecule has 2 atom stereocenters. The molecule has 3 nitrogen and oxygen atoms in total. The van der Waals surface area contributed by atoms with Crippen molar-refractivity contribution in [1.29, 1.82) is 0 Å². The van der Waals surface area contributed by atoms with Gasteiger partial charge in [0, 0.05) is 27.5 Å². The van der Waals surface area contributed by atoms with Crippen LogP contribution in [0.5, 0.6) is 5.75 Å². The number of aromatic hydroxyl groups is 1. The van der Waals surface area contributed by atoms with E-state index in [1.807, 2.05) is 0 Å². The maximum atomic E-state index is 11.5. The first-order valence-corrected chi connectivity index (χ1v) is 5.65. The van der Waals surface area contributed by atoms with E-state index in [1.54, 1.807) is 0 Å². The van der Waals surface area contributed by atoms with Crippen molar-refractivity contribution < 1.29 is 25.3 Å². The van der Waals surface area contributed by atoms with Crippen molar-refractivity contribution in [3.8, 4) is 5.75 Å². The Morgan fingerprint density at radius 2 is 2.44 bits per heavy atom. The molecule has 1 aromatic rings. The molecule has 0 aliphatic heterocycles. The minimum Gasteiger partial charge on any atom is -0.508 e. The van der Waals surface area contributed by atoms with Gasteiger partial charge < -0.3 is 15.1 Å². The van der Waals surface area contributed by atoms with Crippen LogP contribution in [-0.4, -0.2) is 35.6 Å². The third-order valence-electron chi connectivity index (χ3n) is 2.93. The van der Waals surface area contributed by atoms with E-state index in [0.29, 0.717) is 0 Å². The molecule has 2 N–H and O–H groups in total. The van der Waals surface area contributed by atoms with E-state index in [0.717, 1.165) is 6.07 Å². The highest BCUT2D eigenvalue weighted by molar-refractivity contribution is 5.32. The molecule has 0 radical (unpaired) electrons. The Hall–Kier alpha value is -1.06. The Morgan fingerprint density at radius 3 is 3.17 bits per heavy atom. The van der Waals surface area contributed by atoms with Gasteiger partial charge in [0.25, 0.3) is 0 Å². The molecule has 0 unspecified atom stereocenters. The maximum Gasteiger partial charge on any atom is 0.115 e. The first-order valence-electron chi connectivity index (χ1n) is 11.1. The summed E-state index contributed by atoms with van der Waals surface area (Å²) in [6.07, 6.45) is -3.51. The molecule has 0 amide bonds. The summed E-state index contributed by atoms with van der Waals surface area (Å²) < 4.78 is 87.5. The van der Waals surface area contributed by atoms with Crippen LogP contribution in [0.4, 0.5) is 0 Å². The lowest BCUT2D eigenvalue weighted by atomic mass is 9.71. The monoisotopic (exact) mass is 260 g/mol. The smallest absolute Gasteiger partial charge is 0.115 e. The van der Waals surface area contributed by atoms with Crippen LogP contribution in [0.25, 0.3) is 0 Å². The molecule has 1 aliphatic carbocycles. The van der Waals surface area contributed by atoms with E-state index >= 15 is 0 Å².